The molecular weight excluding hydrogens is 278 g/mol. The Hall–Kier alpha value is -1.67. The van der Waals surface area contributed by atoms with Gasteiger partial charge in [0, 0.05) is 12.7 Å². The summed E-state index contributed by atoms with van der Waals surface area (Å²) >= 11 is 5.73. The van der Waals surface area contributed by atoms with E-state index in [9.17, 15) is 8.42 Å². The molecule has 0 saturated carbocycles. The summed E-state index contributed by atoms with van der Waals surface area (Å²) in [5.41, 5.74) is 0.567. The maximum Gasteiger partial charge on any atom is 0.281 e. The van der Waals surface area contributed by atoms with E-state index in [0.717, 1.165) is 0 Å². The molecule has 7 nitrogen and oxygen atoms in total. The summed E-state index contributed by atoms with van der Waals surface area (Å²) in [4.78, 5) is 7.74. The quantitative estimate of drug-likeness (QED) is 0.850. The van der Waals surface area contributed by atoms with Gasteiger partial charge in [-0.3, -0.25) is 4.68 Å². The zero-order valence-corrected chi connectivity index (χ0v) is 11.2. The van der Waals surface area contributed by atoms with Crippen LogP contribution in [0.15, 0.2) is 23.4 Å². The molecule has 0 aliphatic heterocycles. The Bertz CT molecular complexity index is 662. The van der Waals surface area contributed by atoms with Gasteiger partial charge in [0.1, 0.15) is 5.15 Å². The van der Waals surface area contributed by atoms with Crippen LogP contribution in [-0.4, -0.2) is 28.2 Å². The first-order valence-corrected chi connectivity index (χ1v) is 6.76. The van der Waals surface area contributed by atoms with Crippen LogP contribution in [0, 0.1) is 6.92 Å². The molecule has 0 unspecified atom stereocenters. The first kappa shape index (κ1) is 12.8. The summed E-state index contributed by atoms with van der Waals surface area (Å²) in [6.07, 6.45) is 1.39. The Morgan fingerprint density at radius 3 is 2.67 bits per heavy atom. The fourth-order valence-electron chi connectivity index (χ4n) is 1.37. The second kappa shape index (κ2) is 4.54. The highest BCUT2D eigenvalue weighted by molar-refractivity contribution is 7.92. The van der Waals surface area contributed by atoms with E-state index in [1.54, 1.807) is 6.92 Å². The van der Waals surface area contributed by atoms with E-state index in [4.69, 9.17) is 11.6 Å². The lowest BCUT2D eigenvalue weighted by Crippen LogP contribution is -2.18. The molecule has 0 aliphatic carbocycles. The summed E-state index contributed by atoms with van der Waals surface area (Å²) in [5.74, 6) is -0.0683. The van der Waals surface area contributed by atoms with E-state index < -0.39 is 10.0 Å². The van der Waals surface area contributed by atoms with Crippen molar-refractivity contribution in [2.24, 2.45) is 7.05 Å². The van der Waals surface area contributed by atoms with Crippen LogP contribution in [0.3, 0.4) is 0 Å². The Morgan fingerprint density at radius 2 is 2.11 bits per heavy atom. The molecule has 0 amide bonds. The molecule has 0 fully saturated rings. The van der Waals surface area contributed by atoms with E-state index in [1.165, 1.54) is 30.1 Å². The van der Waals surface area contributed by atoms with Crippen LogP contribution in [0.4, 0.5) is 5.95 Å². The van der Waals surface area contributed by atoms with Gasteiger partial charge >= 0.3 is 0 Å². The van der Waals surface area contributed by atoms with Crippen LogP contribution in [0.25, 0.3) is 0 Å². The molecule has 0 aromatic carbocycles. The van der Waals surface area contributed by atoms with Gasteiger partial charge in [0.05, 0.1) is 6.20 Å². The van der Waals surface area contributed by atoms with Crippen molar-refractivity contribution >= 4 is 27.6 Å². The highest BCUT2D eigenvalue weighted by Gasteiger charge is 2.19. The van der Waals surface area contributed by atoms with Crippen molar-refractivity contribution in [2.75, 3.05) is 4.72 Å². The second-order valence-corrected chi connectivity index (χ2v) is 5.57. The van der Waals surface area contributed by atoms with Crippen molar-refractivity contribution in [2.45, 2.75) is 11.9 Å². The number of hydrogen-bond acceptors (Lipinski definition) is 5. The molecule has 1 N–H and O–H groups in total. The molecular formula is C9H10ClN5O2S. The Morgan fingerprint density at radius 1 is 1.39 bits per heavy atom. The largest absolute Gasteiger partial charge is 0.281 e. The van der Waals surface area contributed by atoms with Crippen LogP contribution < -0.4 is 4.72 Å². The third kappa shape index (κ3) is 2.59. The van der Waals surface area contributed by atoms with E-state index >= 15 is 0 Å². The van der Waals surface area contributed by atoms with Gasteiger partial charge in [-0.2, -0.15) is 13.5 Å². The lowest BCUT2D eigenvalue weighted by Gasteiger charge is -2.07. The maximum absolute atomic E-state index is 12.0. The molecule has 0 spiro atoms. The summed E-state index contributed by atoms with van der Waals surface area (Å²) in [7, 11) is -2.24. The normalized spacial score (nSPS) is 11.5. The van der Waals surface area contributed by atoms with Crippen LogP contribution >= 0.6 is 11.6 Å². The van der Waals surface area contributed by atoms with Gasteiger partial charge in [0.25, 0.3) is 10.0 Å². The standard InChI is InChI=1S/C9H10ClN5O2S/c1-6-5-7(10)13-9(12-6)14-18(16,17)8-3-4-11-15(8)2/h3-5H,1-2H3,(H,12,13,14). The van der Waals surface area contributed by atoms with Crippen LogP contribution in [0.5, 0.6) is 0 Å². The SMILES string of the molecule is Cc1cc(Cl)nc(NS(=O)(=O)c2ccnn2C)n1. The van der Waals surface area contributed by atoms with Crippen molar-refractivity contribution in [1.82, 2.24) is 19.7 Å². The summed E-state index contributed by atoms with van der Waals surface area (Å²) in [5, 5.41) is 3.98. The lowest BCUT2D eigenvalue weighted by atomic mass is 10.5. The highest BCUT2D eigenvalue weighted by Crippen LogP contribution is 2.14. The Balaban J connectivity index is 2.37. The molecule has 9 heteroatoms. The molecule has 2 heterocycles. The minimum atomic E-state index is -3.77. The fourth-order valence-corrected chi connectivity index (χ4v) is 2.68. The van der Waals surface area contributed by atoms with Gasteiger partial charge in [0.15, 0.2) is 5.03 Å². The van der Waals surface area contributed by atoms with Crippen LogP contribution in [0.2, 0.25) is 5.15 Å². The minimum absolute atomic E-state index is 0.0173. The number of nitrogens with zero attached hydrogens (tertiary/aromatic N) is 4. The smallest absolute Gasteiger partial charge is 0.256 e. The third-order valence-electron chi connectivity index (χ3n) is 2.10. The van der Waals surface area contributed by atoms with Crippen molar-refractivity contribution in [1.29, 1.82) is 0 Å². The zero-order chi connectivity index (χ0) is 13.3. The highest BCUT2D eigenvalue weighted by atomic mass is 35.5. The number of halogens is 1. The van der Waals surface area contributed by atoms with Crippen molar-refractivity contribution < 1.29 is 8.42 Å². The zero-order valence-electron chi connectivity index (χ0n) is 9.62. The predicted molar refractivity (Wildman–Crippen MR) is 65.8 cm³/mol. The first-order chi connectivity index (χ1) is 8.38. The average molecular weight is 288 g/mol. The minimum Gasteiger partial charge on any atom is -0.256 e. The number of rotatable bonds is 3. The van der Waals surface area contributed by atoms with Crippen molar-refractivity contribution in [3.63, 3.8) is 0 Å². The van der Waals surface area contributed by atoms with Gasteiger partial charge in [-0.25, -0.2) is 14.7 Å². The van der Waals surface area contributed by atoms with Gasteiger partial charge in [-0.1, -0.05) is 11.6 Å². The maximum atomic E-state index is 12.0. The van der Waals surface area contributed by atoms with Crippen LogP contribution in [-0.2, 0) is 17.1 Å². The number of sulfonamides is 1. The molecule has 2 aromatic heterocycles. The van der Waals surface area contributed by atoms with E-state index in [-0.39, 0.29) is 16.1 Å². The number of aromatic nitrogens is 4. The second-order valence-electron chi connectivity index (χ2n) is 3.55. The third-order valence-corrected chi connectivity index (χ3v) is 3.70. The number of hydrogen-bond donors (Lipinski definition) is 1. The number of anilines is 1. The van der Waals surface area contributed by atoms with E-state index in [1.807, 2.05) is 0 Å². The average Bonchev–Trinajstić information content (AvgIpc) is 2.62. The molecule has 18 heavy (non-hydrogen) atoms. The number of aryl methyl sites for hydroxylation is 2. The topological polar surface area (TPSA) is 89.8 Å². The molecule has 0 aliphatic rings. The first-order valence-electron chi connectivity index (χ1n) is 4.90. The molecule has 0 radical (unpaired) electrons. The van der Waals surface area contributed by atoms with E-state index in [2.05, 4.69) is 19.8 Å². The molecule has 96 valence electrons. The monoisotopic (exact) mass is 287 g/mol. The fraction of sp³-hybridized carbons (Fsp3) is 0.222. The summed E-state index contributed by atoms with van der Waals surface area (Å²) in [6.45, 7) is 1.69. The Kier molecular flexibility index (Phi) is 3.22. The summed E-state index contributed by atoms with van der Waals surface area (Å²) < 4.78 is 27.5. The van der Waals surface area contributed by atoms with Gasteiger partial charge in [-0.05, 0) is 19.1 Å². The van der Waals surface area contributed by atoms with Gasteiger partial charge in [0.2, 0.25) is 5.95 Å². The lowest BCUT2D eigenvalue weighted by molar-refractivity contribution is 0.581. The number of nitrogens with one attached hydrogen (secondary N) is 1. The van der Waals surface area contributed by atoms with Gasteiger partial charge < -0.3 is 0 Å². The van der Waals surface area contributed by atoms with E-state index in [0.29, 0.717) is 5.69 Å². The molecule has 2 aromatic rings. The predicted octanol–water partition coefficient (Wildman–Crippen LogP) is 0.973. The van der Waals surface area contributed by atoms with Crippen molar-refractivity contribution in [3.8, 4) is 0 Å². The molecule has 0 saturated heterocycles. The molecule has 0 atom stereocenters. The molecule has 0 bridgehead atoms. The van der Waals surface area contributed by atoms with Crippen molar-refractivity contribution in [3.05, 3.63) is 29.2 Å². The van der Waals surface area contributed by atoms with Gasteiger partial charge in [-0.15, -0.1) is 0 Å². The van der Waals surface area contributed by atoms with Crippen LogP contribution in [0.1, 0.15) is 5.69 Å². The Labute approximate surface area is 109 Å². The summed E-state index contributed by atoms with van der Waals surface area (Å²) in [6, 6.07) is 2.91. The molecule has 2 rings (SSSR count).